The van der Waals surface area contributed by atoms with Crippen LogP contribution in [0.2, 0.25) is 0 Å². The first-order chi connectivity index (χ1) is 14.0. The van der Waals surface area contributed by atoms with Crippen LogP contribution in [0.1, 0.15) is 41.0 Å². The number of benzene rings is 1. The molecule has 0 spiro atoms. The monoisotopic (exact) mass is 414 g/mol. The minimum absolute atomic E-state index is 0.100. The van der Waals surface area contributed by atoms with Gasteiger partial charge in [-0.25, -0.2) is 9.78 Å². The third-order valence-corrected chi connectivity index (χ3v) is 5.39. The Hall–Kier alpha value is -3.07. The van der Waals surface area contributed by atoms with Gasteiger partial charge in [0.15, 0.2) is 5.13 Å². The molecule has 9 heteroatoms. The zero-order valence-electron chi connectivity index (χ0n) is 16.5. The highest BCUT2D eigenvalue weighted by Crippen LogP contribution is 2.26. The number of esters is 1. The molecule has 0 aliphatic rings. The van der Waals surface area contributed by atoms with E-state index in [4.69, 9.17) is 9.15 Å². The summed E-state index contributed by atoms with van der Waals surface area (Å²) in [5, 5.41) is 8.56. The molecule has 3 aromatic rings. The molecule has 1 aromatic carbocycles. The van der Waals surface area contributed by atoms with E-state index in [2.05, 4.69) is 15.2 Å². The van der Waals surface area contributed by atoms with Gasteiger partial charge in [-0.2, -0.15) is 0 Å². The Bertz CT molecular complexity index is 984. The Labute approximate surface area is 172 Å². The summed E-state index contributed by atoms with van der Waals surface area (Å²) >= 11 is 1.15. The van der Waals surface area contributed by atoms with Gasteiger partial charge in [-0.15, -0.1) is 10.2 Å². The Morgan fingerprint density at radius 3 is 2.69 bits per heavy atom. The van der Waals surface area contributed by atoms with Crippen molar-refractivity contribution in [2.75, 3.05) is 18.6 Å². The smallest absolute Gasteiger partial charge is 0.350 e. The highest BCUT2D eigenvalue weighted by molar-refractivity contribution is 7.17. The molecule has 0 bridgehead atoms. The molecule has 0 aliphatic heterocycles. The maximum absolute atomic E-state index is 12.5. The van der Waals surface area contributed by atoms with Crippen molar-refractivity contribution in [1.29, 1.82) is 0 Å². The van der Waals surface area contributed by atoms with Gasteiger partial charge in [-0.3, -0.25) is 9.69 Å². The van der Waals surface area contributed by atoms with Gasteiger partial charge in [0.1, 0.15) is 4.88 Å². The first kappa shape index (κ1) is 20.7. The second kappa shape index (κ2) is 9.42. The van der Waals surface area contributed by atoms with Crippen molar-refractivity contribution in [3.8, 4) is 11.5 Å². The molecule has 0 saturated heterocycles. The zero-order valence-corrected chi connectivity index (χ0v) is 17.4. The van der Waals surface area contributed by atoms with Gasteiger partial charge in [0.2, 0.25) is 17.7 Å². The molecule has 0 N–H and O–H groups in total. The van der Waals surface area contributed by atoms with Crippen LogP contribution in [0.3, 0.4) is 0 Å². The fourth-order valence-electron chi connectivity index (χ4n) is 2.63. The van der Waals surface area contributed by atoms with Crippen LogP contribution in [0.5, 0.6) is 0 Å². The van der Waals surface area contributed by atoms with Crippen molar-refractivity contribution >= 4 is 28.3 Å². The summed E-state index contributed by atoms with van der Waals surface area (Å²) in [7, 11) is 1.65. The number of aryl methyl sites for hydroxylation is 2. The minimum Gasteiger partial charge on any atom is -0.462 e. The average Bonchev–Trinajstić information content (AvgIpc) is 3.35. The van der Waals surface area contributed by atoms with Crippen molar-refractivity contribution in [3.05, 3.63) is 46.8 Å². The topological polar surface area (TPSA) is 98.4 Å². The van der Waals surface area contributed by atoms with Crippen molar-refractivity contribution < 1.29 is 18.7 Å². The lowest BCUT2D eigenvalue weighted by atomic mass is 10.2. The number of thiazole rings is 1. The van der Waals surface area contributed by atoms with Crippen molar-refractivity contribution in [2.24, 2.45) is 0 Å². The first-order valence-corrected chi connectivity index (χ1v) is 10.1. The van der Waals surface area contributed by atoms with Crippen LogP contribution >= 0.6 is 11.3 Å². The number of nitrogens with zero attached hydrogens (tertiary/aromatic N) is 4. The van der Waals surface area contributed by atoms with Gasteiger partial charge in [0, 0.05) is 25.5 Å². The highest BCUT2D eigenvalue weighted by atomic mass is 32.1. The van der Waals surface area contributed by atoms with Gasteiger partial charge in [-0.1, -0.05) is 29.5 Å². The number of anilines is 1. The number of ether oxygens (including phenoxy) is 1. The molecule has 0 unspecified atom stereocenters. The summed E-state index contributed by atoms with van der Waals surface area (Å²) in [6.07, 6.45) is 1.37. The number of hydrogen-bond acceptors (Lipinski definition) is 8. The highest BCUT2D eigenvalue weighted by Gasteiger charge is 2.21. The minimum atomic E-state index is -0.416. The molecule has 29 heavy (non-hydrogen) atoms. The Morgan fingerprint density at radius 2 is 1.97 bits per heavy atom. The summed E-state index contributed by atoms with van der Waals surface area (Å²) in [5.74, 6) is 0.444. The molecule has 2 heterocycles. The third kappa shape index (κ3) is 5.05. The van der Waals surface area contributed by atoms with Crippen LogP contribution in [-0.2, 0) is 16.0 Å². The molecular formula is C20H22N4O4S. The van der Waals surface area contributed by atoms with E-state index in [1.54, 1.807) is 20.9 Å². The van der Waals surface area contributed by atoms with Gasteiger partial charge >= 0.3 is 5.97 Å². The summed E-state index contributed by atoms with van der Waals surface area (Å²) < 4.78 is 10.7. The SMILES string of the molecule is CCOC(=O)c1sc(N(C)C(=O)CCCc2nnc(-c3ccccc3)o2)nc1C. The van der Waals surface area contributed by atoms with Gasteiger partial charge in [0.05, 0.1) is 12.3 Å². The van der Waals surface area contributed by atoms with E-state index in [0.29, 0.717) is 53.4 Å². The number of carbonyl (C=O) groups is 2. The van der Waals surface area contributed by atoms with Crippen LogP contribution in [-0.4, -0.2) is 40.7 Å². The molecule has 152 valence electrons. The summed E-state index contributed by atoms with van der Waals surface area (Å²) in [5.41, 5.74) is 1.42. The molecule has 0 radical (unpaired) electrons. The van der Waals surface area contributed by atoms with Gasteiger partial charge in [0.25, 0.3) is 0 Å². The number of amides is 1. The van der Waals surface area contributed by atoms with E-state index >= 15 is 0 Å². The van der Waals surface area contributed by atoms with Gasteiger partial charge in [-0.05, 0) is 32.4 Å². The number of aromatic nitrogens is 3. The Balaban J connectivity index is 1.54. The van der Waals surface area contributed by atoms with Crippen LogP contribution in [0.25, 0.3) is 11.5 Å². The maximum atomic E-state index is 12.5. The third-order valence-electron chi connectivity index (χ3n) is 4.18. The lowest BCUT2D eigenvalue weighted by molar-refractivity contribution is -0.118. The van der Waals surface area contributed by atoms with Crippen molar-refractivity contribution in [1.82, 2.24) is 15.2 Å². The molecule has 1 amide bonds. The molecule has 0 aliphatic carbocycles. The first-order valence-electron chi connectivity index (χ1n) is 9.28. The predicted molar refractivity (Wildman–Crippen MR) is 109 cm³/mol. The fraction of sp³-hybridized carbons (Fsp3) is 0.350. The molecule has 0 fully saturated rings. The fourth-order valence-corrected chi connectivity index (χ4v) is 3.57. The van der Waals surface area contributed by atoms with Crippen LogP contribution in [0.15, 0.2) is 34.7 Å². The van der Waals surface area contributed by atoms with Crippen molar-refractivity contribution in [3.63, 3.8) is 0 Å². The second-order valence-corrected chi connectivity index (χ2v) is 7.28. The lowest BCUT2D eigenvalue weighted by Gasteiger charge is -2.13. The molecule has 3 rings (SSSR count). The Kier molecular flexibility index (Phi) is 6.71. The average molecular weight is 414 g/mol. The standard InChI is InChI=1S/C20H22N4O4S/c1-4-27-19(26)17-13(2)21-20(29-17)24(3)16(25)12-8-11-15-22-23-18(28-15)14-9-6-5-7-10-14/h5-7,9-10H,4,8,11-12H2,1-3H3. The van der Waals surface area contributed by atoms with Gasteiger partial charge < -0.3 is 9.15 Å². The molecule has 0 atom stereocenters. The van der Waals surface area contributed by atoms with Crippen LogP contribution < -0.4 is 4.90 Å². The van der Waals surface area contributed by atoms with Crippen molar-refractivity contribution in [2.45, 2.75) is 33.1 Å². The Morgan fingerprint density at radius 1 is 1.21 bits per heavy atom. The van der Waals surface area contributed by atoms with E-state index in [0.717, 1.165) is 16.9 Å². The predicted octanol–water partition coefficient (Wildman–Crippen LogP) is 3.66. The molecule has 8 nitrogen and oxygen atoms in total. The summed E-state index contributed by atoms with van der Waals surface area (Å²) in [6.45, 7) is 3.77. The zero-order chi connectivity index (χ0) is 20.8. The van der Waals surface area contributed by atoms with E-state index in [-0.39, 0.29) is 5.91 Å². The largest absolute Gasteiger partial charge is 0.462 e. The lowest BCUT2D eigenvalue weighted by Crippen LogP contribution is -2.25. The normalized spacial score (nSPS) is 10.7. The number of rotatable bonds is 8. The van der Waals surface area contributed by atoms with E-state index in [9.17, 15) is 9.59 Å². The quantitative estimate of drug-likeness (QED) is 0.519. The summed E-state index contributed by atoms with van der Waals surface area (Å²) in [4.78, 5) is 30.6. The van der Waals surface area contributed by atoms with E-state index < -0.39 is 5.97 Å². The van der Waals surface area contributed by atoms with Crippen LogP contribution in [0, 0.1) is 6.92 Å². The van der Waals surface area contributed by atoms with Crippen LogP contribution in [0.4, 0.5) is 5.13 Å². The maximum Gasteiger partial charge on any atom is 0.350 e. The van der Waals surface area contributed by atoms with E-state index in [1.165, 1.54) is 4.90 Å². The summed E-state index contributed by atoms with van der Waals surface area (Å²) in [6, 6.07) is 9.53. The number of carbonyl (C=O) groups excluding carboxylic acids is 2. The molecular weight excluding hydrogens is 392 g/mol. The van der Waals surface area contributed by atoms with E-state index in [1.807, 2.05) is 30.3 Å². The number of hydrogen-bond donors (Lipinski definition) is 0. The second-order valence-electron chi connectivity index (χ2n) is 6.30. The molecule has 2 aromatic heterocycles. The molecule has 0 saturated carbocycles.